The molecule has 0 bridgehead atoms. The van der Waals surface area contributed by atoms with Crippen LogP contribution in [0.25, 0.3) is 0 Å². The number of carbonyl (C=O) groups is 1. The summed E-state index contributed by atoms with van der Waals surface area (Å²) < 4.78 is 0. The van der Waals surface area contributed by atoms with E-state index in [2.05, 4.69) is 0 Å². The van der Waals surface area contributed by atoms with Crippen molar-refractivity contribution in [3.8, 4) is 0 Å². The molecule has 0 saturated carbocycles. The third kappa shape index (κ3) is 1.27. The molecule has 0 aromatic heterocycles. The van der Waals surface area contributed by atoms with Gasteiger partial charge in [-0.25, -0.2) is 0 Å². The van der Waals surface area contributed by atoms with Crippen LogP contribution in [0.3, 0.4) is 0 Å². The number of hydrogen-bond acceptors (Lipinski definition) is 2. The zero-order valence-electron chi connectivity index (χ0n) is 6.29. The van der Waals surface area contributed by atoms with E-state index in [1.165, 1.54) is 0 Å². The van der Waals surface area contributed by atoms with Gasteiger partial charge in [0, 0.05) is 5.92 Å². The first kappa shape index (κ1) is 7.48. The monoisotopic (exact) mass is 140 g/mol. The van der Waals surface area contributed by atoms with Gasteiger partial charge in [0.15, 0.2) is 5.78 Å². The van der Waals surface area contributed by atoms with E-state index in [1.54, 1.807) is 13.0 Å². The summed E-state index contributed by atoms with van der Waals surface area (Å²) in [7, 11) is 0. The molecular weight excluding hydrogens is 128 g/mol. The molecular formula is C8H12O2. The van der Waals surface area contributed by atoms with E-state index in [0.29, 0.717) is 12.0 Å². The zero-order chi connectivity index (χ0) is 7.72. The van der Waals surface area contributed by atoms with E-state index in [9.17, 15) is 4.79 Å². The fourth-order valence-electron chi connectivity index (χ4n) is 1.30. The third-order valence-corrected chi connectivity index (χ3v) is 1.87. The molecule has 0 fully saturated rings. The van der Waals surface area contributed by atoms with Crippen LogP contribution >= 0.6 is 0 Å². The van der Waals surface area contributed by atoms with Gasteiger partial charge in [0.2, 0.25) is 0 Å². The predicted octanol–water partition coefficient (Wildman–Crippen LogP) is 0.903. The van der Waals surface area contributed by atoms with Crippen LogP contribution in [0, 0.1) is 5.92 Å². The summed E-state index contributed by atoms with van der Waals surface area (Å²) in [6.45, 7) is 3.60. The highest BCUT2D eigenvalue weighted by molar-refractivity contribution is 5.97. The SMILES string of the molecule is CC1=CC(O)CC(C)C1=O. The summed E-state index contributed by atoms with van der Waals surface area (Å²) in [5, 5.41) is 9.14. The van der Waals surface area contributed by atoms with Gasteiger partial charge in [0.05, 0.1) is 6.10 Å². The summed E-state index contributed by atoms with van der Waals surface area (Å²) in [5.41, 5.74) is 0.700. The van der Waals surface area contributed by atoms with Crippen LogP contribution in [-0.4, -0.2) is 17.0 Å². The number of rotatable bonds is 0. The molecule has 0 heterocycles. The van der Waals surface area contributed by atoms with E-state index in [1.807, 2.05) is 6.92 Å². The second-order valence-corrected chi connectivity index (χ2v) is 2.92. The molecule has 1 aliphatic carbocycles. The van der Waals surface area contributed by atoms with E-state index in [-0.39, 0.29) is 11.7 Å². The molecule has 56 valence electrons. The molecule has 0 saturated heterocycles. The molecule has 0 spiro atoms. The van der Waals surface area contributed by atoms with Crippen molar-refractivity contribution >= 4 is 5.78 Å². The predicted molar refractivity (Wildman–Crippen MR) is 38.6 cm³/mol. The Bertz CT molecular complexity index is 182. The summed E-state index contributed by atoms with van der Waals surface area (Å²) in [6.07, 6.45) is 1.80. The molecule has 1 aliphatic rings. The average Bonchev–Trinajstić information content (AvgIpc) is 1.82. The fourth-order valence-corrected chi connectivity index (χ4v) is 1.30. The van der Waals surface area contributed by atoms with Gasteiger partial charge in [-0.15, -0.1) is 0 Å². The lowest BCUT2D eigenvalue weighted by Crippen LogP contribution is -2.24. The van der Waals surface area contributed by atoms with Crippen LogP contribution in [-0.2, 0) is 4.79 Å². The highest BCUT2D eigenvalue weighted by Gasteiger charge is 2.22. The van der Waals surface area contributed by atoms with E-state index in [4.69, 9.17) is 5.11 Å². The van der Waals surface area contributed by atoms with E-state index < -0.39 is 6.10 Å². The normalized spacial score (nSPS) is 33.9. The van der Waals surface area contributed by atoms with Gasteiger partial charge >= 0.3 is 0 Å². The Morgan fingerprint density at radius 3 is 2.80 bits per heavy atom. The Labute approximate surface area is 60.6 Å². The van der Waals surface area contributed by atoms with Gasteiger partial charge in [-0.3, -0.25) is 4.79 Å². The molecule has 0 amide bonds. The first-order valence-corrected chi connectivity index (χ1v) is 3.52. The summed E-state index contributed by atoms with van der Waals surface area (Å²) in [6, 6.07) is 0. The third-order valence-electron chi connectivity index (χ3n) is 1.87. The number of aliphatic hydroxyl groups excluding tert-OH is 1. The van der Waals surface area contributed by atoms with Gasteiger partial charge in [0.25, 0.3) is 0 Å². The van der Waals surface area contributed by atoms with Crippen LogP contribution in [0.15, 0.2) is 11.6 Å². The smallest absolute Gasteiger partial charge is 0.161 e. The maximum atomic E-state index is 11.1. The molecule has 0 aliphatic heterocycles. The topological polar surface area (TPSA) is 37.3 Å². The minimum Gasteiger partial charge on any atom is -0.389 e. The number of carbonyl (C=O) groups excluding carboxylic acids is 1. The largest absolute Gasteiger partial charge is 0.389 e. The lowest BCUT2D eigenvalue weighted by atomic mass is 9.88. The quantitative estimate of drug-likeness (QED) is 0.543. The van der Waals surface area contributed by atoms with Crippen LogP contribution < -0.4 is 0 Å². The molecule has 1 N–H and O–H groups in total. The Balaban J connectivity index is 2.81. The Morgan fingerprint density at radius 1 is 1.70 bits per heavy atom. The maximum absolute atomic E-state index is 11.1. The fraction of sp³-hybridized carbons (Fsp3) is 0.625. The molecule has 10 heavy (non-hydrogen) atoms. The summed E-state index contributed by atoms with van der Waals surface area (Å²) in [5.74, 6) is 0.172. The molecule has 0 radical (unpaired) electrons. The first-order valence-electron chi connectivity index (χ1n) is 3.52. The number of ketones is 1. The number of hydrogen-bond donors (Lipinski definition) is 1. The molecule has 2 unspecified atom stereocenters. The van der Waals surface area contributed by atoms with Crippen LogP contribution in [0.5, 0.6) is 0 Å². The van der Waals surface area contributed by atoms with Crippen LogP contribution in [0.2, 0.25) is 0 Å². The Hall–Kier alpha value is -0.630. The number of allylic oxidation sites excluding steroid dienone is 1. The average molecular weight is 140 g/mol. The second kappa shape index (κ2) is 2.54. The highest BCUT2D eigenvalue weighted by atomic mass is 16.3. The minimum atomic E-state index is -0.410. The van der Waals surface area contributed by atoms with Crippen molar-refractivity contribution in [3.05, 3.63) is 11.6 Å². The Morgan fingerprint density at radius 2 is 2.30 bits per heavy atom. The van der Waals surface area contributed by atoms with Gasteiger partial charge < -0.3 is 5.11 Å². The van der Waals surface area contributed by atoms with Crippen molar-refractivity contribution in [1.29, 1.82) is 0 Å². The zero-order valence-corrected chi connectivity index (χ0v) is 6.29. The molecule has 0 aromatic rings. The van der Waals surface area contributed by atoms with E-state index in [0.717, 1.165) is 0 Å². The van der Waals surface area contributed by atoms with Crippen molar-refractivity contribution in [3.63, 3.8) is 0 Å². The van der Waals surface area contributed by atoms with Crippen LogP contribution in [0.4, 0.5) is 0 Å². The maximum Gasteiger partial charge on any atom is 0.161 e. The van der Waals surface area contributed by atoms with Crippen molar-refractivity contribution in [2.24, 2.45) is 5.92 Å². The van der Waals surface area contributed by atoms with Gasteiger partial charge in [-0.05, 0) is 25.0 Å². The van der Waals surface area contributed by atoms with Crippen LogP contribution in [0.1, 0.15) is 20.3 Å². The summed E-state index contributed by atoms with van der Waals surface area (Å²) in [4.78, 5) is 11.1. The van der Waals surface area contributed by atoms with Gasteiger partial charge in [-0.1, -0.05) is 6.92 Å². The molecule has 2 nitrogen and oxygen atoms in total. The number of Topliss-reactive ketones (excluding diaryl/α,β-unsaturated/α-hetero) is 1. The lowest BCUT2D eigenvalue weighted by Gasteiger charge is -2.19. The second-order valence-electron chi connectivity index (χ2n) is 2.92. The van der Waals surface area contributed by atoms with Crippen molar-refractivity contribution in [2.75, 3.05) is 0 Å². The van der Waals surface area contributed by atoms with Gasteiger partial charge in [0.1, 0.15) is 0 Å². The van der Waals surface area contributed by atoms with Gasteiger partial charge in [-0.2, -0.15) is 0 Å². The first-order chi connectivity index (χ1) is 4.61. The van der Waals surface area contributed by atoms with Crippen molar-refractivity contribution in [1.82, 2.24) is 0 Å². The molecule has 0 aromatic carbocycles. The highest BCUT2D eigenvalue weighted by Crippen LogP contribution is 2.19. The molecule has 1 rings (SSSR count). The van der Waals surface area contributed by atoms with Crippen molar-refractivity contribution in [2.45, 2.75) is 26.4 Å². The lowest BCUT2D eigenvalue weighted by molar-refractivity contribution is -0.120. The van der Waals surface area contributed by atoms with E-state index >= 15 is 0 Å². The van der Waals surface area contributed by atoms with Crippen molar-refractivity contribution < 1.29 is 9.90 Å². The standard InChI is InChI=1S/C8H12O2/c1-5-3-7(9)4-6(2)8(5)10/h3,6-7,9H,4H2,1-2H3. The number of aliphatic hydroxyl groups is 1. The summed E-state index contributed by atoms with van der Waals surface area (Å²) >= 11 is 0. The molecule has 2 heteroatoms. The minimum absolute atomic E-state index is 0.000000000000000222. The Kier molecular flexibility index (Phi) is 1.90. The molecule has 2 atom stereocenters.